The van der Waals surface area contributed by atoms with E-state index in [-0.39, 0.29) is 18.2 Å². The van der Waals surface area contributed by atoms with Crippen LogP contribution in [0.3, 0.4) is 0 Å². The molecule has 3 aromatic carbocycles. The third-order valence-corrected chi connectivity index (χ3v) is 4.52. The molecule has 0 aliphatic carbocycles. The lowest BCUT2D eigenvalue weighted by atomic mass is 10.1. The van der Waals surface area contributed by atoms with Crippen LogP contribution in [0, 0.1) is 6.92 Å². The van der Waals surface area contributed by atoms with Gasteiger partial charge in [0.15, 0.2) is 0 Å². The highest BCUT2D eigenvalue weighted by molar-refractivity contribution is 6.04. The number of ether oxygens (including phenoxy) is 1. The fourth-order valence-electron chi connectivity index (χ4n) is 2.87. The van der Waals surface area contributed by atoms with Gasteiger partial charge in [-0.1, -0.05) is 29.8 Å². The van der Waals surface area contributed by atoms with E-state index >= 15 is 0 Å². The van der Waals surface area contributed by atoms with Crippen LogP contribution in [0.25, 0.3) is 0 Å². The number of rotatable bonds is 6. The Kier molecular flexibility index (Phi) is 7.01. The predicted molar refractivity (Wildman–Crippen MR) is 118 cm³/mol. The lowest BCUT2D eigenvalue weighted by molar-refractivity contribution is -0.121. The number of nitrogens with one attached hydrogen (secondary N) is 3. The summed E-state index contributed by atoms with van der Waals surface area (Å²) in [6, 6.07) is 20.7. The number of hydrogen-bond acceptors (Lipinski definition) is 4. The summed E-state index contributed by atoms with van der Waals surface area (Å²) in [5.41, 5.74) is 8.03. The Bertz CT molecular complexity index is 1080. The summed E-state index contributed by atoms with van der Waals surface area (Å²) in [5.74, 6) is -0.331. The molecule has 0 saturated heterocycles. The minimum atomic E-state index is -0.459. The van der Waals surface area contributed by atoms with Gasteiger partial charge in [-0.15, -0.1) is 0 Å². The molecule has 0 radical (unpaired) electrons. The smallest absolute Gasteiger partial charge is 0.269 e. The molecular formula is C24H23N3O4. The molecule has 0 heterocycles. The van der Waals surface area contributed by atoms with Gasteiger partial charge in [0.1, 0.15) is 5.75 Å². The van der Waals surface area contributed by atoms with Gasteiger partial charge in [0.25, 0.3) is 11.8 Å². The van der Waals surface area contributed by atoms with Crippen molar-refractivity contribution in [1.82, 2.24) is 10.9 Å². The zero-order chi connectivity index (χ0) is 22.2. The summed E-state index contributed by atoms with van der Waals surface area (Å²) in [6.45, 7) is 1.92. The molecular weight excluding hydrogens is 394 g/mol. The number of methoxy groups -OCH3 is 1. The number of aryl methyl sites for hydroxylation is 1. The van der Waals surface area contributed by atoms with E-state index in [4.69, 9.17) is 4.74 Å². The minimum absolute atomic E-state index is 0.119. The molecule has 0 fully saturated rings. The molecule has 0 aliphatic rings. The van der Waals surface area contributed by atoms with Crippen molar-refractivity contribution in [2.45, 2.75) is 13.3 Å². The van der Waals surface area contributed by atoms with Crippen LogP contribution in [0.1, 0.15) is 31.8 Å². The summed E-state index contributed by atoms with van der Waals surface area (Å²) in [7, 11) is 1.57. The molecule has 3 N–H and O–H groups in total. The molecule has 3 aromatic rings. The lowest BCUT2D eigenvalue weighted by Gasteiger charge is -2.09. The Morgan fingerprint density at radius 2 is 1.52 bits per heavy atom. The summed E-state index contributed by atoms with van der Waals surface area (Å²) < 4.78 is 5.08. The molecule has 7 heteroatoms. The van der Waals surface area contributed by atoms with Gasteiger partial charge in [-0.2, -0.15) is 0 Å². The van der Waals surface area contributed by atoms with Crippen molar-refractivity contribution in [3.63, 3.8) is 0 Å². The van der Waals surface area contributed by atoms with Crippen LogP contribution in [-0.2, 0) is 11.2 Å². The monoisotopic (exact) mass is 417 g/mol. The van der Waals surface area contributed by atoms with Crippen LogP contribution >= 0.6 is 0 Å². The maximum absolute atomic E-state index is 12.3. The summed E-state index contributed by atoms with van der Waals surface area (Å²) >= 11 is 0. The lowest BCUT2D eigenvalue weighted by Crippen LogP contribution is -2.42. The van der Waals surface area contributed by atoms with Crippen LogP contribution in [-0.4, -0.2) is 24.8 Å². The fourth-order valence-corrected chi connectivity index (χ4v) is 2.87. The molecule has 0 bridgehead atoms. The van der Waals surface area contributed by atoms with E-state index < -0.39 is 5.91 Å². The van der Waals surface area contributed by atoms with E-state index in [1.807, 2.05) is 19.1 Å². The molecule has 0 spiro atoms. The molecule has 158 valence electrons. The Morgan fingerprint density at radius 1 is 0.806 bits per heavy atom. The van der Waals surface area contributed by atoms with Crippen molar-refractivity contribution < 1.29 is 19.1 Å². The van der Waals surface area contributed by atoms with Crippen molar-refractivity contribution in [2.24, 2.45) is 0 Å². The van der Waals surface area contributed by atoms with Gasteiger partial charge in [0.05, 0.1) is 13.5 Å². The van der Waals surface area contributed by atoms with Gasteiger partial charge in [-0.05, 0) is 61.0 Å². The number of hydrogen-bond donors (Lipinski definition) is 3. The fraction of sp³-hybridized carbons (Fsp3) is 0.125. The Hall–Kier alpha value is -4.13. The van der Waals surface area contributed by atoms with E-state index in [0.717, 1.165) is 11.1 Å². The molecule has 0 saturated carbocycles. The van der Waals surface area contributed by atoms with Crippen LogP contribution in [0.2, 0.25) is 0 Å². The molecule has 0 aromatic heterocycles. The highest BCUT2D eigenvalue weighted by atomic mass is 16.5. The molecule has 31 heavy (non-hydrogen) atoms. The zero-order valence-corrected chi connectivity index (χ0v) is 17.3. The first-order valence-corrected chi connectivity index (χ1v) is 9.65. The first kappa shape index (κ1) is 21.6. The van der Waals surface area contributed by atoms with Crippen molar-refractivity contribution in [3.8, 4) is 5.75 Å². The number of amides is 3. The SMILES string of the molecule is COc1ccc(CC(=O)NNC(=O)c2ccc(NC(=O)c3cccc(C)c3)cc2)cc1. The van der Waals surface area contributed by atoms with E-state index in [1.54, 1.807) is 67.8 Å². The van der Waals surface area contributed by atoms with Gasteiger partial charge in [0.2, 0.25) is 5.91 Å². The largest absolute Gasteiger partial charge is 0.497 e. The molecule has 0 unspecified atom stereocenters. The second-order valence-electron chi connectivity index (χ2n) is 6.93. The average Bonchev–Trinajstić information content (AvgIpc) is 2.78. The van der Waals surface area contributed by atoms with Crippen molar-refractivity contribution in [3.05, 3.63) is 95.1 Å². The third-order valence-electron chi connectivity index (χ3n) is 4.52. The van der Waals surface area contributed by atoms with Crippen LogP contribution < -0.4 is 20.9 Å². The first-order valence-electron chi connectivity index (χ1n) is 9.65. The van der Waals surface area contributed by atoms with E-state index in [9.17, 15) is 14.4 Å². The topological polar surface area (TPSA) is 96.5 Å². The third kappa shape index (κ3) is 6.17. The summed E-state index contributed by atoms with van der Waals surface area (Å²) in [4.78, 5) is 36.6. The maximum Gasteiger partial charge on any atom is 0.269 e. The number of hydrazine groups is 1. The predicted octanol–water partition coefficient (Wildman–Crippen LogP) is 3.26. The standard InChI is InChI=1S/C24H23N3O4/c1-16-4-3-5-19(14-16)23(29)25-20-10-8-18(9-11-20)24(30)27-26-22(28)15-17-6-12-21(31-2)13-7-17/h3-14H,15H2,1-2H3,(H,25,29)(H,26,28)(H,27,30). The second-order valence-corrected chi connectivity index (χ2v) is 6.93. The van der Waals surface area contributed by atoms with E-state index in [0.29, 0.717) is 22.6 Å². The molecule has 7 nitrogen and oxygen atoms in total. The molecule has 0 atom stereocenters. The van der Waals surface area contributed by atoms with E-state index in [1.165, 1.54) is 0 Å². The number of carbonyl (C=O) groups is 3. The number of anilines is 1. The minimum Gasteiger partial charge on any atom is -0.497 e. The Morgan fingerprint density at radius 3 is 2.16 bits per heavy atom. The quantitative estimate of drug-likeness (QED) is 0.537. The molecule has 3 amide bonds. The summed E-state index contributed by atoms with van der Waals surface area (Å²) in [5, 5.41) is 2.79. The highest BCUT2D eigenvalue weighted by Crippen LogP contribution is 2.13. The van der Waals surface area contributed by atoms with Gasteiger partial charge in [-0.3, -0.25) is 25.2 Å². The zero-order valence-electron chi connectivity index (χ0n) is 17.3. The molecule has 0 aliphatic heterocycles. The van der Waals surface area contributed by atoms with E-state index in [2.05, 4.69) is 16.2 Å². The van der Waals surface area contributed by atoms with Crippen molar-refractivity contribution >= 4 is 23.4 Å². The van der Waals surface area contributed by atoms with Gasteiger partial charge in [-0.25, -0.2) is 0 Å². The summed E-state index contributed by atoms with van der Waals surface area (Å²) in [6.07, 6.45) is 0.119. The number of carbonyl (C=O) groups excluding carboxylic acids is 3. The Balaban J connectivity index is 1.50. The number of benzene rings is 3. The molecule has 3 rings (SSSR count). The van der Waals surface area contributed by atoms with Crippen molar-refractivity contribution in [1.29, 1.82) is 0 Å². The van der Waals surface area contributed by atoms with Gasteiger partial charge >= 0.3 is 0 Å². The normalized spacial score (nSPS) is 10.1. The average molecular weight is 417 g/mol. The highest BCUT2D eigenvalue weighted by Gasteiger charge is 2.10. The van der Waals surface area contributed by atoms with Gasteiger partial charge in [0, 0.05) is 16.8 Å². The van der Waals surface area contributed by atoms with Gasteiger partial charge < -0.3 is 10.1 Å². The van der Waals surface area contributed by atoms with Crippen LogP contribution in [0.4, 0.5) is 5.69 Å². The van der Waals surface area contributed by atoms with Crippen molar-refractivity contribution in [2.75, 3.05) is 12.4 Å². The second kappa shape index (κ2) is 10.1. The maximum atomic E-state index is 12.3. The first-order chi connectivity index (χ1) is 14.9. The van der Waals surface area contributed by atoms with Crippen LogP contribution in [0.15, 0.2) is 72.8 Å². The Labute approximate surface area is 180 Å². The van der Waals surface area contributed by atoms with Crippen LogP contribution in [0.5, 0.6) is 5.75 Å².